The minimum Gasteiger partial charge on any atom is -0.347 e. The van der Waals surface area contributed by atoms with Crippen LogP contribution in [0.4, 0.5) is 0 Å². The number of hydrogen-bond donors (Lipinski definition) is 1. The third-order valence-corrected chi connectivity index (χ3v) is 5.33. The van der Waals surface area contributed by atoms with E-state index in [-0.39, 0.29) is 11.9 Å². The molecule has 0 radical (unpaired) electrons. The van der Waals surface area contributed by atoms with Crippen LogP contribution in [0.5, 0.6) is 0 Å². The lowest BCUT2D eigenvalue weighted by Crippen LogP contribution is -2.26. The number of para-hydroxylation sites is 2. The summed E-state index contributed by atoms with van der Waals surface area (Å²) in [5, 5.41) is 2.98. The molecule has 1 heterocycles. The molecule has 0 aliphatic rings. The van der Waals surface area contributed by atoms with Crippen molar-refractivity contribution in [3.8, 4) is 0 Å². The molecule has 0 saturated heterocycles. The van der Waals surface area contributed by atoms with Gasteiger partial charge in [-0.1, -0.05) is 18.2 Å². The molecule has 0 bridgehead atoms. The van der Waals surface area contributed by atoms with Crippen LogP contribution in [0.3, 0.4) is 0 Å². The zero-order valence-corrected chi connectivity index (χ0v) is 16.5. The number of carbonyl (C=O) groups excluding carboxylic acids is 1. The van der Waals surface area contributed by atoms with Gasteiger partial charge in [0.25, 0.3) is 0 Å². The summed E-state index contributed by atoms with van der Waals surface area (Å²) in [7, 11) is 0. The maximum Gasteiger partial charge on any atom is 0.217 e. The van der Waals surface area contributed by atoms with Crippen molar-refractivity contribution in [3.63, 3.8) is 0 Å². The number of carbonyl (C=O) groups is 1. The van der Waals surface area contributed by atoms with E-state index >= 15 is 0 Å². The molecule has 0 aliphatic carbocycles. The van der Waals surface area contributed by atoms with Crippen molar-refractivity contribution in [3.05, 3.63) is 64.0 Å². The molecule has 0 saturated carbocycles. The molecule has 0 fully saturated rings. The summed E-state index contributed by atoms with van der Waals surface area (Å²) in [4.78, 5) is 16.4. The SMILES string of the molecule is CC(=O)NC(C)c1nc2ccccc2n1Cc1c(C)c(C)cc(C)c1C. The van der Waals surface area contributed by atoms with Crippen LogP contribution in [-0.2, 0) is 11.3 Å². The number of nitrogens with zero attached hydrogens (tertiary/aromatic N) is 2. The number of benzene rings is 2. The van der Waals surface area contributed by atoms with Crippen LogP contribution in [-0.4, -0.2) is 15.5 Å². The first-order valence-corrected chi connectivity index (χ1v) is 9.08. The molecule has 1 unspecified atom stereocenters. The van der Waals surface area contributed by atoms with Gasteiger partial charge in [0.15, 0.2) is 0 Å². The Hall–Kier alpha value is -2.62. The summed E-state index contributed by atoms with van der Waals surface area (Å²) in [6.07, 6.45) is 0. The maximum atomic E-state index is 11.6. The van der Waals surface area contributed by atoms with Crippen molar-refractivity contribution in [2.24, 2.45) is 0 Å². The van der Waals surface area contributed by atoms with Gasteiger partial charge in [-0.15, -0.1) is 0 Å². The molecule has 1 N–H and O–H groups in total. The Labute approximate surface area is 155 Å². The van der Waals surface area contributed by atoms with Gasteiger partial charge in [0, 0.05) is 13.5 Å². The van der Waals surface area contributed by atoms with Gasteiger partial charge in [-0.3, -0.25) is 4.79 Å². The van der Waals surface area contributed by atoms with E-state index in [9.17, 15) is 4.79 Å². The molecule has 0 aliphatic heterocycles. The second kappa shape index (κ2) is 6.94. The Balaban J connectivity index is 2.17. The van der Waals surface area contributed by atoms with Crippen molar-refractivity contribution in [2.75, 3.05) is 0 Å². The quantitative estimate of drug-likeness (QED) is 0.753. The molecule has 1 atom stereocenters. The maximum absolute atomic E-state index is 11.6. The van der Waals surface area contributed by atoms with E-state index in [1.165, 1.54) is 27.8 Å². The average Bonchev–Trinajstić information content (AvgIpc) is 2.95. The van der Waals surface area contributed by atoms with E-state index in [2.05, 4.69) is 49.7 Å². The highest BCUT2D eigenvalue weighted by Crippen LogP contribution is 2.27. The first-order chi connectivity index (χ1) is 12.3. The average molecular weight is 349 g/mol. The van der Waals surface area contributed by atoms with Gasteiger partial charge >= 0.3 is 0 Å². The molecular weight excluding hydrogens is 322 g/mol. The van der Waals surface area contributed by atoms with Gasteiger partial charge in [-0.2, -0.15) is 0 Å². The van der Waals surface area contributed by atoms with Crippen LogP contribution in [0.15, 0.2) is 30.3 Å². The van der Waals surface area contributed by atoms with E-state index in [0.29, 0.717) is 0 Å². The highest BCUT2D eigenvalue weighted by atomic mass is 16.1. The summed E-state index contributed by atoms with van der Waals surface area (Å²) in [6, 6.07) is 10.3. The highest BCUT2D eigenvalue weighted by Gasteiger charge is 2.19. The Bertz CT molecular complexity index is 958. The number of aryl methyl sites for hydroxylation is 2. The molecule has 136 valence electrons. The van der Waals surface area contributed by atoms with Crippen LogP contribution in [0, 0.1) is 27.7 Å². The van der Waals surface area contributed by atoms with Crippen molar-refractivity contribution >= 4 is 16.9 Å². The number of hydrogen-bond acceptors (Lipinski definition) is 2. The molecule has 1 aromatic heterocycles. The molecule has 26 heavy (non-hydrogen) atoms. The lowest BCUT2D eigenvalue weighted by Gasteiger charge is -2.20. The highest BCUT2D eigenvalue weighted by molar-refractivity contribution is 5.77. The molecule has 3 aromatic rings. The Morgan fingerprint density at radius 1 is 1.12 bits per heavy atom. The predicted octanol–water partition coefficient (Wildman–Crippen LogP) is 4.52. The van der Waals surface area contributed by atoms with Crippen LogP contribution in [0.25, 0.3) is 11.0 Å². The zero-order valence-electron chi connectivity index (χ0n) is 16.5. The molecule has 2 aromatic carbocycles. The van der Waals surface area contributed by atoms with Crippen LogP contribution >= 0.6 is 0 Å². The summed E-state index contributed by atoms with van der Waals surface area (Å²) in [5.74, 6) is 0.842. The van der Waals surface area contributed by atoms with Crippen LogP contribution < -0.4 is 5.32 Å². The fraction of sp³-hybridized carbons (Fsp3) is 0.364. The summed E-state index contributed by atoms with van der Waals surface area (Å²) in [6.45, 7) is 13.0. The van der Waals surface area contributed by atoms with E-state index in [0.717, 1.165) is 23.4 Å². The number of imidazole rings is 1. The number of rotatable bonds is 4. The molecule has 0 spiro atoms. The standard InChI is InChI=1S/C22H27N3O/c1-13-11-14(2)16(4)19(15(13)3)12-25-21-10-8-7-9-20(21)24-22(25)17(5)23-18(6)26/h7-11,17H,12H2,1-6H3,(H,23,26). The lowest BCUT2D eigenvalue weighted by atomic mass is 9.94. The minimum atomic E-state index is -0.147. The molecular formula is C22H27N3O. The van der Waals surface area contributed by atoms with E-state index in [1.54, 1.807) is 6.92 Å². The second-order valence-electron chi connectivity index (χ2n) is 7.21. The topological polar surface area (TPSA) is 46.9 Å². The van der Waals surface area contributed by atoms with Crippen LogP contribution in [0.1, 0.15) is 53.5 Å². The third kappa shape index (κ3) is 3.24. The third-order valence-electron chi connectivity index (χ3n) is 5.33. The Morgan fingerprint density at radius 3 is 2.35 bits per heavy atom. The van der Waals surface area contributed by atoms with Gasteiger partial charge in [-0.25, -0.2) is 4.98 Å². The number of nitrogens with one attached hydrogen (secondary N) is 1. The molecule has 3 rings (SSSR count). The summed E-state index contributed by atoms with van der Waals surface area (Å²) in [5.41, 5.74) is 8.65. The normalized spacial score (nSPS) is 12.4. The minimum absolute atomic E-state index is 0.0464. The van der Waals surface area contributed by atoms with Gasteiger partial charge < -0.3 is 9.88 Å². The number of aromatic nitrogens is 2. The second-order valence-corrected chi connectivity index (χ2v) is 7.21. The largest absolute Gasteiger partial charge is 0.347 e. The Morgan fingerprint density at radius 2 is 1.73 bits per heavy atom. The van der Waals surface area contributed by atoms with Crippen molar-refractivity contribution in [1.82, 2.24) is 14.9 Å². The van der Waals surface area contributed by atoms with Gasteiger partial charge in [0.2, 0.25) is 5.91 Å². The fourth-order valence-corrected chi connectivity index (χ4v) is 3.65. The van der Waals surface area contributed by atoms with Gasteiger partial charge in [0.05, 0.1) is 17.1 Å². The number of fused-ring (bicyclic) bond motifs is 1. The first-order valence-electron chi connectivity index (χ1n) is 9.08. The van der Waals surface area contributed by atoms with E-state index in [1.807, 2.05) is 25.1 Å². The Kier molecular flexibility index (Phi) is 4.86. The van der Waals surface area contributed by atoms with Crippen molar-refractivity contribution in [1.29, 1.82) is 0 Å². The van der Waals surface area contributed by atoms with Gasteiger partial charge in [0.1, 0.15) is 5.82 Å². The fourth-order valence-electron chi connectivity index (χ4n) is 3.65. The molecule has 4 heteroatoms. The summed E-state index contributed by atoms with van der Waals surface area (Å²) >= 11 is 0. The van der Waals surface area contributed by atoms with E-state index < -0.39 is 0 Å². The van der Waals surface area contributed by atoms with Gasteiger partial charge in [-0.05, 0) is 74.6 Å². The summed E-state index contributed by atoms with van der Waals surface area (Å²) < 4.78 is 2.24. The lowest BCUT2D eigenvalue weighted by molar-refractivity contribution is -0.119. The van der Waals surface area contributed by atoms with Crippen molar-refractivity contribution < 1.29 is 4.79 Å². The number of amides is 1. The monoisotopic (exact) mass is 349 g/mol. The van der Waals surface area contributed by atoms with Crippen molar-refractivity contribution in [2.45, 2.75) is 54.1 Å². The smallest absolute Gasteiger partial charge is 0.217 e. The van der Waals surface area contributed by atoms with E-state index in [4.69, 9.17) is 4.98 Å². The zero-order chi connectivity index (χ0) is 19.0. The first kappa shape index (κ1) is 18.2. The molecule has 1 amide bonds. The molecule has 4 nitrogen and oxygen atoms in total. The van der Waals surface area contributed by atoms with Crippen LogP contribution in [0.2, 0.25) is 0 Å². The predicted molar refractivity (Wildman–Crippen MR) is 106 cm³/mol.